The highest BCUT2D eigenvalue weighted by Crippen LogP contribution is 2.18. The van der Waals surface area contributed by atoms with Gasteiger partial charge in [0.2, 0.25) is 0 Å². The molecule has 1 aliphatic rings. The van der Waals surface area contributed by atoms with Crippen LogP contribution < -0.4 is 10.6 Å². The first-order valence-corrected chi connectivity index (χ1v) is 5.83. The third-order valence-electron chi connectivity index (χ3n) is 3.21. The molecule has 4 atom stereocenters. The van der Waals surface area contributed by atoms with Crippen molar-refractivity contribution in [2.45, 2.75) is 51.8 Å². The minimum Gasteiger partial charge on any atom is -0.393 e. The van der Waals surface area contributed by atoms with Crippen LogP contribution in [0.2, 0.25) is 0 Å². The molecule has 1 saturated heterocycles. The summed E-state index contributed by atoms with van der Waals surface area (Å²) < 4.78 is 0. The van der Waals surface area contributed by atoms with E-state index in [-0.39, 0.29) is 6.10 Å². The molecule has 4 unspecified atom stereocenters. The van der Waals surface area contributed by atoms with Crippen molar-refractivity contribution < 1.29 is 5.11 Å². The minimum atomic E-state index is -0.162. The van der Waals surface area contributed by atoms with Crippen LogP contribution in [-0.4, -0.2) is 36.4 Å². The van der Waals surface area contributed by atoms with Gasteiger partial charge < -0.3 is 15.7 Å². The first-order valence-electron chi connectivity index (χ1n) is 5.83. The zero-order valence-corrected chi connectivity index (χ0v) is 9.59. The molecule has 84 valence electrons. The monoisotopic (exact) mass is 200 g/mol. The van der Waals surface area contributed by atoms with E-state index in [0.717, 1.165) is 25.9 Å². The molecule has 14 heavy (non-hydrogen) atoms. The van der Waals surface area contributed by atoms with Crippen molar-refractivity contribution in [3.8, 4) is 0 Å². The summed E-state index contributed by atoms with van der Waals surface area (Å²) in [6.07, 6.45) is 1.73. The Labute approximate surface area is 87.3 Å². The fourth-order valence-electron chi connectivity index (χ4n) is 2.34. The van der Waals surface area contributed by atoms with E-state index in [1.54, 1.807) is 0 Å². The number of aliphatic hydroxyl groups excluding tert-OH is 1. The molecular weight excluding hydrogens is 176 g/mol. The van der Waals surface area contributed by atoms with Crippen molar-refractivity contribution in [2.75, 3.05) is 13.1 Å². The van der Waals surface area contributed by atoms with Gasteiger partial charge in [-0.1, -0.05) is 13.8 Å². The zero-order valence-electron chi connectivity index (χ0n) is 9.59. The van der Waals surface area contributed by atoms with E-state index in [1.807, 2.05) is 6.92 Å². The fraction of sp³-hybridized carbons (Fsp3) is 1.00. The van der Waals surface area contributed by atoms with Crippen molar-refractivity contribution in [1.82, 2.24) is 10.6 Å². The number of nitrogens with one attached hydrogen (secondary N) is 2. The smallest absolute Gasteiger partial charge is 0.0581 e. The van der Waals surface area contributed by atoms with Crippen molar-refractivity contribution in [1.29, 1.82) is 0 Å². The Morgan fingerprint density at radius 1 is 1.29 bits per heavy atom. The molecule has 3 N–H and O–H groups in total. The molecule has 0 spiro atoms. The van der Waals surface area contributed by atoms with Gasteiger partial charge in [0.1, 0.15) is 0 Å². The summed E-state index contributed by atoms with van der Waals surface area (Å²) >= 11 is 0. The Hall–Kier alpha value is -0.120. The second-order valence-electron chi connectivity index (χ2n) is 4.38. The zero-order chi connectivity index (χ0) is 10.6. The molecule has 0 amide bonds. The Kier molecular flexibility index (Phi) is 4.85. The Balaban J connectivity index is 2.50. The topological polar surface area (TPSA) is 44.3 Å². The Bertz CT molecular complexity index is 163. The fourth-order valence-corrected chi connectivity index (χ4v) is 2.34. The van der Waals surface area contributed by atoms with Gasteiger partial charge in [0.05, 0.1) is 6.10 Å². The summed E-state index contributed by atoms with van der Waals surface area (Å²) in [4.78, 5) is 0. The van der Waals surface area contributed by atoms with Crippen LogP contribution >= 0.6 is 0 Å². The Morgan fingerprint density at radius 2 is 2.00 bits per heavy atom. The SMILES string of the molecule is CCC(O)C(CC)C1CNCC(C)N1. The first-order chi connectivity index (χ1) is 6.69. The van der Waals surface area contributed by atoms with E-state index in [2.05, 4.69) is 24.5 Å². The van der Waals surface area contributed by atoms with E-state index in [0.29, 0.717) is 18.0 Å². The van der Waals surface area contributed by atoms with Gasteiger partial charge in [0.15, 0.2) is 0 Å². The Morgan fingerprint density at radius 3 is 2.50 bits per heavy atom. The lowest BCUT2D eigenvalue weighted by Crippen LogP contribution is -2.58. The molecule has 3 nitrogen and oxygen atoms in total. The molecule has 0 bridgehead atoms. The molecule has 0 aromatic carbocycles. The van der Waals surface area contributed by atoms with Gasteiger partial charge in [-0.15, -0.1) is 0 Å². The van der Waals surface area contributed by atoms with Crippen LogP contribution in [0.3, 0.4) is 0 Å². The predicted molar refractivity (Wildman–Crippen MR) is 59.3 cm³/mol. The number of rotatable bonds is 4. The predicted octanol–water partition coefficient (Wildman–Crippen LogP) is 0.733. The summed E-state index contributed by atoms with van der Waals surface area (Å²) in [5, 5.41) is 16.9. The maximum Gasteiger partial charge on any atom is 0.0581 e. The van der Waals surface area contributed by atoms with Gasteiger partial charge in [-0.2, -0.15) is 0 Å². The standard InChI is InChI=1S/C11H24N2O/c1-4-9(11(14)5-2)10-7-12-6-8(3)13-10/h8-14H,4-7H2,1-3H3. The van der Waals surface area contributed by atoms with Crippen LogP contribution in [0.5, 0.6) is 0 Å². The molecule has 0 aromatic rings. The summed E-state index contributed by atoms with van der Waals surface area (Å²) in [5.41, 5.74) is 0. The molecule has 1 rings (SSSR count). The third kappa shape index (κ3) is 2.94. The minimum absolute atomic E-state index is 0.162. The number of aliphatic hydroxyl groups is 1. The summed E-state index contributed by atoms with van der Waals surface area (Å²) in [5.74, 6) is 0.384. The summed E-state index contributed by atoms with van der Waals surface area (Å²) in [6, 6.07) is 0.950. The van der Waals surface area contributed by atoms with Crippen LogP contribution in [-0.2, 0) is 0 Å². The molecule has 3 heteroatoms. The molecule has 0 aromatic heterocycles. The van der Waals surface area contributed by atoms with Crippen LogP contribution in [0.1, 0.15) is 33.6 Å². The van der Waals surface area contributed by atoms with Crippen LogP contribution in [0.15, 0.2) is 0 Å². The summed E-state index contributed by atoms with van der Waals surface area (Å²) in [6.45, 7) is 8.41. The molecular formula is C11H24N2O. The van der Waals surface area contributed by atoms with E-state index in [9.17, 15) is 5.11 Å². The second-order valence-corrected chi connectivity index (χ2v) is 4.38. The normalized spacial score (nSPS) is 32.6. The highest BCUT2D eigenvalue weighted by atomic mass is 16.3. The molecule has 1 aliphatic heterocycles. The molecule has 0 radical (unpaired) electrons. The molecule has 0 saturated carbocycles. The number of hydrogen-bond donors (Lipinski definition) is 3. The summed E-state index contributed by atoms with van der Waals surface area (Å²) in [7, 11) is 0. The highest BCUT2D eigenvalue weighted by molar-refractivity contribution is 4.88. The average molecular weight is 200 g/mol. The lowest BCUT2D eigenvalue weighted by molar-refractivity contribution is 0.0696. The van der Waals surface area contributed by atoms with E-state index in [4.69, 9.17) is 0 Å². The van der Waals surface area contributed by atoms with Crippen molar-refractivity contribution in [3.05, 3.63) is 0 Å². The lowest BCUT2D eigenvalue weighted by atomic mass is 9.88. The van der Waals surface area contributed by atoms with Gasteiger partial charge in [-0.25, -0.2) is 0 Å². The van der Waals surface area contributed by atoms with Gasteiger partial charge in [-0.3, -0.25) is 0 Å². The maximum atomic E-state index is 9.89. The molecule has 1 fully saturated rings. The van der Waals surface area contributed by atoms with Gasteiger partial charge in [0.25, 0.3) is 0 Å². The van der Waals surface area contributed by atoms with Crippen molar-refractivity contribution >= 4 is 0 Å². The van der Waals surface area contributed by atoms with E-state index >= 15 is 0 Å². The molecule has 1 heterocycles. The maximum absolute atomic E-state index is 9.89. The molecule has 0 aliphatic carbocycles. The number of piperazine rings is 1. The quantitative estimate of drug-likeness (QED) is 0.627. The van der Waals surface area contributed by atoms with Crippen molar-refractivity contribution in [3.63, 3.8) is 0 Å². The largest absolute Gasteiger partial charge is 0.393 e. The van der Waals surface area contributed by atoms with Crippen LogP contribution in [0.4, 0.5) is 0 Å². The lowest BCUT2D eigenvalue weighted by Gasteiger charge is -2.37. The van der Waals surface area contributed by atoms with Gasteiger partial charge >= 0.3 is 0 Å². The number of hydrogen-bond acceptors (Lipinski definition) is 3. The average Bonchev–Trinajstić information content (AvgIpc) is 2.19. The second kappa shape index (κ2) is 5.69. The third-order valence-corrected chi connectivity index (χ3v) is 3.21. The van der Waals surface area contributed by atoms with Gasteiger partial charge in [-0.05, 0) is 19.8 Å². The van der Waals surface area contributed by atoms with Crippen LogP contribution in [0, 0.1) is 5.92 Å². The van der Waals surface area contributed by atoms with Crippen molar-refractivity contribution in [2.24, 2.45) is 5.92 Å². The van der Waals surface area contributed by atoms with E-state index < -0.39 is 0 Å². The first kappa shape index (κ1) is 12.0. The van der Waals surface area contributed by atoms with E-state index in [1.165, 1.54) is 0 Å². The van der Waals surface area contributed by atoms with Crippen LogP contribution in [0.25, 0.3) is 0 Å². The van der Waals surface area contributed by atoms with Gasteiger partial charge in [0, 0.05) is 31.1 Å². The highest BCUT2D eigenvalue weighted by Gasteiger charge is 2.28.